The quantitative estimate of drug-likeness (QED) is 0.157. The highest BCUT2D eigenvalue weighted by molar-refractivity contribution is 5.33. The van der Waals surface area contributed by atoms with Crippen molar-refractivity contribution < 1.29 is 4.74 Å². The highest BCUT2D eigenvalue weighted by Crippen LogP contribution is 2.21. The van der Waals surface area contributed by atoms with Crippen molar-refractivity contribution in [1.82, 2.24) is 0 Å². The topological polar surface area (TPSA) is 9.23 Å². The molecule has 0 unspecified atom stereocenters. The minimum Gasteiger partial charge on any atom is -0.493 e. The summed E-state index contributed by atoms with van der Waals surface area (Å²) >= 11 is 0. The van der Waals surface area contributed by atoms with E-state index in [1.165, 1.54) is 140 Å². The Balaban J connectivity index is 2.00. The van der Waals surface area contributed by atoms with Gasteiger partial charge in [0, 0.05) is 0 Å². The lowest BCUT2D eigenvalue weighted by Gasteiger charge is -2.11. The third-order valence-corrected chi connectivity index (χ3v) is 6.53. The van der Waals surface area contributed by atoms with Gasteiger partial charge in [0.2, 0.25) is 0 Å². The van der Waals surface area contributed by atoms with Crippen molar-refractivity contribution in [2.75, 3.05) is 6.61 Å². The van der Waals surface area contributed by atoms with Gasteiger partial charge in [-0.05, 0) is 30.9 Å². The minimum absolute atomic E-state index is 0.881. The van der Waals surface area contributed by atoms with Gasteiger partial charge in [0.25, 0.3) is 0 Å². The van der Waals surface area contributed by atoms with Crippen LogP contribution < -0.4 is 4.74 Å². The third-order valence-electron chi connectivity index (χ3n) is 6.53. The summed E-state index contributed by atoms with van der Waals surface area (Å²) in [5, 5.41) is 0. The van der Waals surface area contributed by atoms with Gasteiger partial charge in [0.15, 0.2) is 0 Å². The summed E-state index contributed by atoms with van der Waals surface area (Å²) in [6, 6.07) is 8.72. The van der Waals surface area contributed by atoms with Crippen LogP contribution in [0.15, 0.2) is 24.3 Å². The molecule has 1 aromatic rings. The fourth-order valence-corrected chi connectivity index (χ4v) is 4.43. The van der Waals surface area contributed by atoms with E-state index in [-0.39, 0.29) is 0 Å². The van der Waals surface area contributed by atoms with E-state index >= 15 is 0 Å². The van der Waals surface area contributed by atoms with E-state index < -0.39 is 0 Å². The summed E-state index contributed by atoms with van der Waals surface area (Å²) in [7, 11) is 0. The summed E-state index contributed by atoms with van der Waals surface area (Å²) in [6.45, 7) is 5.46. The van der Waals surface area contributed by atoms with Crippen molar-refractivity contribution in [2.45, 2.75) is 149 Å². The molecule has 0 atom stereocenters. The Morgan fingerprint density at radius 2 is 0.903 bits per heavy atom. The first-order valence-electron chi connectivity index (χ1n) is 14.1. The van der Waals surface area contributed by atoms with E-state index in [0.29, 0.717) is 0 Å². The largest absolute Gasteiger partial charge is 0.493 e. The summed E-state index contributed by atoms with van der Waals surface area (Å²) < 4.78 is 6.15. The molecule has 0 aliphatic heterocycles. The van der Waals surface area contributed by atoms with Gasteiger partial charge in [-0.15, -0.1) is 0 Å². The fourth-order valence-electron chi connectivity index (χ4n) is 4.43. The molecule has 1 rings (SSSR count). The van der Waals surface area contributed by atoms with Crippen LogP contribution in [0, 0.1) is 0 Å². The van der Waals surface area contributed by atoms with Crippen molar-refractivity contribution in [1.29, 1.82) is 0 Å². The lowest BCUT2D eigenvalue weighted by molar-refractivity contribution is 0.301. The smallest absolute Gasteiger partial charge is 0.122 e. The highest BCUT2D eigenvalue weighted by Gasteiger charge is 2.03. The number of benzene rings is 1. The lowest BCUT2D eigenvalue weighted by atomic mass is 10.0. The van der Waals surface area contributed by atoms with Crippen LogP contribution in [0.3, 0.4) is 0 Å². The van der Waals surface area contributed by atoms with Gasteiger partial charge in [0.05, 0.1) is 6.61 Å². The first-order valence-corrected chi connectivity index (χ1v) is 14.1. The molecule has 1 nitrogen and oxygen atoms in total. The maximum absolute atomic E-state index is 6.15. The molecular weight excluding hydrogens is 376 g/mol. The molecule has 0 heterocycles. The molecule has 0 bridgehead atoms. The fraction of sp³-hybridized carbons (Fsp3) is 0.800. The molecule has 0 fully saturated rings. The van der Waals surface area contributed by atoms with Crippen molar-refractivity contribution in [3.8, 4) is 5.75 Å². The van der Waals surface area contributed by atoms with E-state index in [9.17, 15) is 0 Å². The molecule has 0 spiro atoms. The van der Waals surface area contributed by atoms with Crippen LogP contribution >= 0.6 is 0 Å². The summed E-state index contributed by atoms with van der Waals surface area (Å²) in [6.07, 6.45) is 29.0. The Bertz CT molecular complexity index is 481. The summed E-state index contributed by atoms with van der Waals surface area (Å²) in [4.78, 5) is 0. The van der Waals surface area contributed by atoms with Gasteiger partial charge < -0.3 is 4.74 Å². The van der Waals surface area contributed by atoms with E-state index in [1.54, 1.807) is 0 Å². The molecule has 0 amide bonds. The number of ether oxygens (including phenoxy) is 1. The molecule has 31 heavy (non-hydrogen) atoms. The predicted molar refractivity (Wildman–Crippen MR) is 139 cm³/mol. The predicted octanol–water partition coefficient (Wildman–Crippen LogP) is 10.4. The van der Waals surface area contributed by atoms with Crippen molar-refractivity contribution >= 4 is 0 Å². The zero-order chi connectivity index (χ0) is 22.2. The Kier molecular flexibility index (Phi) is 20.1. The average molecular weight is 431 g/mol. The van der Waals surface area contributed by atoms with Gasteiger partial charge in [-0.25, -0.2) is 0 Å². The Hall–Kier alpha value is -0.980. The van der Waals surface area contributed by atoms with Gasteiger partial charge >= 0.3 is 0 Å². The highest BCUT2D eigenvalue weighted by atomic mass is 16.5. The second-order valence-corrected chi connectivity index (χ2v) is 9.57. The van der Waals surface area contributed by atoms with Crippen LogP contribution in [0.1, 0.15) is 148 Å². The second kappa shape index (κ2) is 22.2. The number of hydrogen-bond acceptors (Lipinski definition) is 1. The average Bonchev–Trinajstić information content (AvgIpc) is 2.79. The molecule has 0 saturated heterocycles. The van der Waals surface area contributed by atoms with Gasteiger partial charge in [0.1, 0.15) is 5.75 Å². The maximum atomic E-state index is 6.15. The van der Waals surface area contributed by atoms with E-state index in [4.69, 9.17) is 4.74 Å². The molecular formula is C30H54O. The molecule has 0 radical (unpaired) electrons. The van der Waals surface area contributed by atoms with Crippen LogP contribution in [0.2, 0.25) is 0 Å². The molecule has 0 aliphatic carbocycles. The normalized spacial score (nSPS) is 11.2. The molecule has 1 heteroatoms. The molecule has 0 aromatic heterocycles. The monoisotopic (exact) mass is 430 g/mol. The number of unbranched alkanes of at least 4 members (excludes halogenated alkanes) is 18. The molecule has 180 valence electrons. The summed E-state index contributed by atoms with van der Waals surface area (Å²) in [5.74, 6) is 1.13. The number of rotatable bonds is 23. The molecule has 0 aliphatic rings. The molecule has 0 N–H and O–H groups in total. The number of aryl methyl sites for hydroxylation is 1. The molecule has 0 saturated carbocycles. The number of para-hydroxylation sites is 1. The van der Waals surface area contributed by atoms with Crippen LogP contribution in [-0.4, -0.2) is 6.61 Å². The standard InChI is InChI=1S/C30H54O/c1-3-5-7-9-11-13-15-17-19-21-25-29-26-22-23-27-30(29)31-28-24-20-18-16-14-12-10-8-6-4-2/h22-23,26-27H,3-21,24-25,28H2,1-2H3. The Morgan fingerprint density at radius 3 is 1.42 bits per heavy atom. The zero-order valence-corrected chi connectivity index (χ0v) is 21.3. The molecule has 1 aromatic carbocycles. The first kappa shape index (κ1) is 28.1. The Morgan fingerprint density at radius 1 is 0.484 bits per heavy atom. The van der Waals surface area contributed by atoms with Crippen LogP contribution in [-0.2, 0) is 6.42 Å². The van der Waals surface area contributed by atoms with Gasteiger partial charge in [-0.1, -0.05) is 148 Å². The SMILES string of the molecule is CCCCCCCCCCCCOc1ccccc1CCCCCCCCCCCC. The van der Waals surface area contributed by atoms with Crippen LogP contribution in [0.5, 0.6) is 5.75 Å². The van der Waals surface area contributed by atoms with Gasteiger partial charge in [-0.2, -0.15) is 0 Å². The third kappa shape index (κ3) is 17.3. The van der Waals surface area contributed by atoms with Crippen LogP contribution in [0.25, 0.3) is 0 Å². The minimum atomic E-state index is 0.881. The lowest BCUT2D eigenvalue weighted by Crippen LogP contribution is -2.00. The van der Waals surface area contributed by atoms with Crippen LogP contribution in [0.4, 0.5) is 0 Å². The zero-order valence-electron chi connectivity index (χ0n) is 21.3. The van der Waals surface area contributed by atoms with E-state index in [1.807, 2.05) is 0 Å². The van der Waals surface area contributed by atoms with E-state index in [0.717, 1.165) is 12.4 Å². The van der Waals surface area contributed by atoms with Crippen molar-refractivity contribution in [3.63, 3.8) is 0 Å². The maximum Gasteiger partial charge on any atom is 0.122 e. The number of hydrogen-bond donors (Lipinski definition) is 0. The second-order valence-electron chi connectivity index (χ2n) is 9.57. The van der Waals surface area contributed by atoms with E-state index in [2.05, 4.69) is 38.1 Å². The Labute approximate surface area is 195 Å². The summed E-state index contributed by atoms with van der Waals surface area (Å²) in [5.41, 5.74) is 1.41. The van der Waals surface area contributed by atoms with Gasteiger partial charge in [-0.3, -0.25) is 0 Å². The van der Waals surface area contributed by atoms with Crippen molar-refractivity contribution in [2.24, 2.45) is 0 Å². The first-order chi connectivity index (χ1) is 15.4. The van der Waals surface area contributed by atoms with Crippen molar-refractivity contribution in [3.05, 3.63) is 29.8 Å².